The van der Waals surface area contributed by atoms with Crippen LogP contribution in [0.2, 0.25) is 0 Å². The predicted molar refractivity (Wildman–Crippen MR) is 145 cm³/mol. The van der Waals surface area contributed by atoms with Crippen molar-refractivity contribution in [3.05, 3.63) is 59.5 Å². The lowest BCUT2D eigenvalue weighted by Gasteiger charge is -2.10. The van der Waals surface area contributed by atoms with Crippen molar-refractivity contribution in [3.8, 4) is 39.1 Å². The van der Waals surface area contributed by atoms with Crippen LogP contribution in [0.15, 0.2) is 48.7 Å². The highest BCUT2D eigenvalue weighted by atomic mass is 79.9. The lowest BCUT2D eigenvalue weighted by Crippen LogP contribution is -2.01. The molecule has 0 amide bonds. The van der Waals surface area contributed by atoms with Gasteiger partial charge in [0.15, 0.2) is 11.6 Å². The van der Waals surface area contributed by atoms with Gasteiger partial charge in [-0.15, -0.1) is 11.3 Å². The van der Waals surface area contributed by atoms with Crippen molar-refractivity contribution in [2.45, 2.75) is 19.8 Å². The van der Waals surface area contributed by atoms with Crippen molar-refractivity contribution in [3.63, 3.8) is 0 Å². The molecule has 10 heteroatoms. The van der Waals surface area contributed by atoms with Crippen molar-refractivity contribution in [2.75, 3.05) is 31.5 Å². The van der Waals surface area contributed by atoms with Gasteiger partial charge in [-0.05, 0) is 43.2 Å². The van der Waals surface area contributed by atoms with Gasteiger partial charge in [0.2, 0.25) is 5.95 Å². The summed E-state index contributed by atoms with van der Waals surface area (Å²) in [5.74, 6) is 1.44. The Bertz CT molecular complexity index is 1310. The quantitative estimate of drug-likeness (QED) is 0.196. The molecule has 0 aliphatic heterocycles. The molecular weight excluding hydrogens is 547 g/mol. The number of alkyl halides is 1. The van der Waals surface area contributed by atoms with Crippen LogP contribution in [-0.4, -0.2) is 41.1 Å². The van der Waals surface area contributed by atoms with Crippen LogP contribution in [0.25, 0.3) is 21.8 Å². The monoisotopic (exact) mass is 572 g/mol. The number of anilines is 2. The molecule has 2 aromatic heterocycles. The number of ether oxygens (including phenoxy) is 3. The Morgan fingerprint density at radius 1 is 1.03 bits per heavy atom. The van der Waals surface area contributed by atoms with Gasteiger partial charge in [0.05, 0.1) is 42.1 Å². The van der Waals surface area contributed by atoms with Crippen LogP contribution in [0, 0.1) is 5.82 Å². The van der Waals surface area contributed by atoms with Gasteiger partial charge in [0, 0.05) is 34.9 Å². The summed E-state index contributed by atoms with van der Waals surface area (Å²) in [5, 5.41) is 4.72. The van der Waals surface area contributed by atoms with Gasteiger partial charge in [-0.1, -0.05) is 22.9 Å². The minimum atomic E-state index is -0.460. The first-order chi connectivity index (χ1) is 17.5. The van der Waals surface area contributed by atoms with E-state index >= 15 is 0 Å². The van der Waals surface area contributed by atoms with Gasteiger partial charge in [-0.25, -0.2) is 19.3 Å². The third kappa shape index (κ3) is 6.11. The van der Waals surface area contributed by atoms with Crippen molar-refractivity contribution in [2.24, 2.45) is 0 Å². The zero-order valence-corrected chi connectivity index (χ0v) is 22.6. The topological polar surface area (TPSA) is 78.4 Å². The zero-order chi connectivity index (χ0) is 25.5. The Balaban J connectivity index is 1.69. The van der Waals surface area contributed by atoms with Crippen LogP contribution in [0.4, 0.5) is 16.0 Å². The van der Waals surface area contributed by atoms with E-state index in [4.69, 9.17) is 24.2 Å². The molecule has 0 atom stereocenters. The summed E-state index contributed by atoms with van der Waals surface area (Å²) >= 11 is 4.86. The van der Waals surface area contributed by atoms with Crippen LogP contribution < -0.4 is 19.5 Å². The highest BCUT2D eigenvalue weighted by Gasteiger charge is 2.18. The Hall–Kier alpha value is -3.24. The molecule has 188 valence electrons. The van der Waals surface area contributed by atoms with Crippen LogP contribution >= 0.6 is 27.3 Å². The number of rotatable bonds is 11. The summed E-state index contributed by atoms with van der Waals surface area (Å²) in [5.41, 5.74) is 2.89. The van der Waals surface area contributed by atoms with Gasteiger partial charge in [-0.2, -0.15) is 0 Å². The molecule has 4 aromatic rings. The Kier molecular flexibility index (Phi) is 8.71. The molecule has 0 aliphatic carbocycles. The van der Waals surface area contributed by atoms with Crippen LogP contribution in [0.1, 0.15) is 18.4 Å². The maximum absolute atomic E-state index is 14.4. The number of hydrogen-bond donors (Lipinski definition) is 1. The maximum Gasteiger partial charge on any atom is 0.227 e. The minimum Gasteiger partial charge on any atom is -0.497 e. The smallest absolute Gasteiger partial charge is 0.227 e. The number of nitrogens with zero attached hydrogens (tertiary/aromatic N) is 3. The van der Waals surface area contributed by atoms with E-state index in [2.05, 4.69) is 33.2 Å². The standard InChI is InChI=1S/C26H26BrFN4O3S/c1-4-5-23-32-24(16-12-18(33-2)15-19(13-16)34-3)25(36-23)21-8-10-29-26(31-21)30-17-6-7-22(20(28)14-17)35-11-9-27/h6-8,10,12-15H,4-5,9,11H2,1-3H3,(H,29,30,31). The van der Waals surface area contributed by atoms with E-state index in [1.807, 2.05) is 24.3 Å². The number of methoxy groups -OCH3 is 2. The fraction of sp³-hybridized carbons (Fsp3) is 0.269. The van der Waals surface area contributed by atoms with E-state index in [1.54, 1.807) is 43.9 Å². The average molecular weight is 573 g/mol. The van der Waals surface area contributed by atoms with E-state index in [0.717, 1.165) is 34.0 Å². The Labute approximate surface area is 221 Å². The number of hydrogen-bond acceptors (Lipinski definition) is 8. The SMILES string of the molecule is CCCc1nc(-c2cc(OC)cc(OC)c2)c(-c2ccnc(Nc3ccc(OCCBr)c(F)c3)n2)s1. The predicted octanol–water partition coefficient (Wildman–Crippen LogP) is 6.89. The van der Waals surface area contributed by atoms with Crippen molar-refractivity contribution in [1.29, 1.82) is 0 Å². The van der Waals surface area contributed by atoms with E-state index in [9.17, 15) is 4.39 Å². The molecule has 4 rings (SSSR count). The summed E-state index contributed by atoms with van der Waals surface area (Å²) in [4.78, 5) is 14.9. The molecule has 0 saturated carbocycles. The van der Waals surface area contributed by atoms with E-state index in [0.29, 0.717) is 40.8 Å². The number of nitrogens with one attached hydrogen (secondary N) is 1. The fourth-order valence-corrected chi connectivity index (χ4v) is 4.84. The summed E-state index contributed by atoms with van der Waals surface area (Å²) in [6, 6.07) is 12.2. The number of thiazole rings is 1. The second-order valence-electron chi connectivity index (χ2n) is 7.71. The summed E-state index contributed by atoms with van der Waals surface area (Å²) in [7, 11) is 3.24. The molecule has 0 fully saturated rings. The Morgan fingerprint density at radius 3 is 2.47 bits per heavy atom. The van der Waals surface area contributed by atoms with Crippen LogP contribution in [0.3, 0.4) is 0 Å². The van der Waals surface area contributed by atoms with E-state index in [-0.39, 0.29) is 5.75 Å². The van der Waals surface area contributed by atoms with Gasteiger partial charge in [0.1, 0.15) is 11.5 Å². The maximum atomic E-state index is 14.4. The molecule has 0 unspecified atom stereocenters. The lowest BCUT2D eigenvalue weighted by atomic mass is 10.1. The molecule has 7 nitrogen and oxygen atoms in total. The minimum absolute atomic E-state index is 0.196. The van der Waals surface area contributed by atoms with Gasteiger partial charge >= 0.3 is 0 Å². The highest BCUT2D eigenvalue weighted by Crippen LogP contribution is 2.39. The Morgan fingerprint density at radius 2 is 1.81 bits per heavy atom. The zero-order valence-electron chi connectivity index (χ0n) is 20.2. The van der Waals surface area contributed by atoms with Crippen LogP contribution in [0.5, 0.6) is 17.2 Å². The van der Waals surface area contributed by atoms with E-state index in [1.165, 1.54) is 6.07 Å². The van der Waals surface area contributed by atoms with Crippen molar-refractivity contribution >= 4 is 38.9 Å². The number of aryl methyl sites for hydroxylation is 1. The summed E-state index contributed by atoms with van der Waals surface area (Å²) in [6.45, 7) is 2.50. The average Bonchev–Trinajstić information content (AvgIpc) is 3.32. The van der Waals surface area contributed by atoms with Gasteiger partial charge in [0.25, 0.3) is 0 Å². The molecular formula is C26H26BrFN4O3S. The van der Waals surface area contributed by atoms with Gasteiger partial charge in [-0.3, -0.25) is 0 Å². The molecule has 36 heavy (non-hydrogen) atoms. The molecule has 0 aliphatic rings. The molecule has 0 spiro atoms. The fourth-order valence-electron chi connectivity index (χ4n) is 3.52. The van der Waals surface area contributed by atoms with Crippen molar-refractivity contribution < 1.29 is 18.6 Å². The van der Waals surface area contributed by atoms with Gasteiger partial charge < -0.3 is 19.5 Å². The molecule has 0 bridgehead atoms. The normalized spacial score (nSPS) is 10.8. The number of halogens is 2. The number of aromatic nitrogens is 3. The third-order valence-electron chi connectivity index (χ3n) is 5.17. The molecule has 2 heterocycles. The van der Waals surface area contributed by atoms with E-state index < -0.39 is 5.82 Å². The number of benzene rings is 2. The summed E-state index contributed by atoms with van der Waals surface area (Å²) in [6.07, 6.45) is 3.51. The third-order valence-corrected chi connectivity index (χ3v) is 6.63. The lowest BCUT2D eigenvalue weighted by molar-refractivity contribution is 0.326. The summed E-state index contributed by atoms with van der Waals surface area (Å²) < 4.78 is 30.7. The first-order valence-electron chi connectivity index (χ1n) is 11.4. The van der Waals surface area contributed by atoms with Crippen LogP contribution in [-0.2, 0) is 6.42 Å². The van der Waals surface area contributed by atoms with Crippen molar-refractivity contribution in [1.82, 2.24) is 15.0 Å². The second-order valence-corrected chi connectivity index (χ2v) is 9.59. The largest absolute Gasteiger partial charge is 0.497 e. The molecule has 0 saturated heterocycles. The second kappa shape index (κ2) is 12.1. The molecule has 1 N–H and O–H groups in total. The molecule has 2 aromatic carbocycles. The first kappa shape index (κ1) is 25.8. The highest BCUT2D eigenvalue weighted by molar-refractivity contribution is 9.09. The molecule has 0 radical (unpaired) electrons. The first-order valence-corrected chi connectivity index (χ1v) is 13.3.